The number of piperazine rings is 1. The van der Waals surface area contributed by atoms with Crippen LogP contribution in [0.1, 0.15) is 19.3 Å². The van der Waals surface area contributed by atoms with Gasteiger partial charge in [-0.25, -0.2) is 12.8 Å². The van der Waals surface area contributed by atoms with Gasteiger partial charge in [0.05, 0.1) is 9.82 Å². The largest absolute Gasteiger partial charge is 0.369 e. The van der Waals surface area contributed by atoms with Crippen molar-refractivity contribution < 1.29 is 17.7 Å². The Kier molecular flexibility index (Phi) is 6.10. The van der Waals surface area contributed by atoms with Gasteiger partial charge in [-0.2, -0.15) is 4.31 Å². The third-order valence-corrected chi connectivity index (χ3v) is 7.82. The topological polar surface area (TPSA) is 87.0 Å². The van der Waals surface area contributed by atoms with Crippen LogP contribution in [0.15, 0.2) is 47.4 Å². The summed E-state index contributed by atoms with van der Waals surface area (Å²) < 4.78 is 40.2. The molecule has 10 heteroatoms. The van der Waals surface area contributed by atoms with Crippen molar-refractivity contribution in [3.63, 3.8) is 0 Å². The van der Waals surface area contributed by atoms with Gasteiger partial charge in [-0.1, -0.05) is 0 Å². The number of sulfonamides is 1. The molecule has 2 aromatic carbocycles. The molecule has 2 aliphatic rings. The van der Waals surface area contributed by atoms with Gasteiger partial charge >= 0.3 is 0 Å². The van der Waals surface area contributed by atoms with Crippen LogP contribution >= 0.6 is 0 Å². The Morgan fingerprint density at radius 3 is 2.10 bits per heavy atom. The lowest BCUT2D eigenvalue weighted by atomic mass is 10.1. The summed E-state index contributed by atoms with van der Waals surface area (Å²) in [6.45, 7) is 3.11. The fourth-order valence-corrected chi connectivity index (χ4v) is 5.62. The fraction of sp³-hybridized carbons (Fsp3) is 0.429. The summed E-state index contributed by atoms with van der Waals surface area (Å²) in [6, 6.07) is 9.96. The lowest BCUT2D eigenvalue weighted by molar-refractivity contribution is -0.384. The van der Waals surface area contributed by atoms with Gasteiger partial charge in [-0.3, -0.25) is 10.1 Å². The molecule has 0 amide bonds. The normalized spacial score (nSPS) is 18.2. The molecule has 0 aromatic heterocycles. The number of halogens is 1. The maximum Gasteiger partial charge on any atom is 0.292 e. The minimum absolute atomic E-state index is 0.0741. The van der Waals surface area contributed by atoms with E-state index >= 15 is 0 Å². The predicted octanol–water partition coefficient (Wildman–Crippen LogP) is 3.24. The molecule has 0 N–H and O–H groups in total. The number of benzene rings is 2. The number of hydrogen-bond donors (Lipinski definition) is 0. The maximum absolute atomic E-state index is 13.1. The van der Waals surface area contributed by atoms with Crippen molar-refractivity contribution in [3.8, 4) is 0 Å². The van der Waals surface area contributed by atoms with E-state index < -0.39 is 15.8 Å². The third-order valence-electron chi connectivity index (χ3n) is 5.91. The average Bonchev–Trinajstić information content (AvgIpc) is 2.79. The minimum Gasteiger partial charge on any atom is -0.369 e. The number of nitrogens with zero attached hydrogens (tertiary/aromatic N) is 4. The summed E-state index contributed by atoms with van der Waals surface area (Å²) in [5.74, 6) is -0.480. The summed E-state index contributed by atoms with van der Waals surface area (Å²) in [5.41, 5.74) is 1.58. The van der Waals surface area contributed by atoms with Crippen LogP contribution in [0.3, 0.4) is 0 Å². The van der Waals surface area contributed by atoms with Crippen LogP contribution in [0.2, 0.25) is 0 Å². The van der Waals surface area contributed by atoms with Crippen LogP contribution in [0, 0.1) is 15.9 Å². The minimum atomic E-state index is -3.69. The van der Waals surface area contributed by atoms with E-state index in [0.717, 1.165) is 50.2 Å². The Balaban J connectivity index is 1.50. The van der Waals surface area contributed by atoms with Crippen molar-refractivity contribution >= 4 is 27.1 Å². The van der Waals surface area contributed by atoms with Gasteiger partial charge in [-0.15, -0.1) is 0 Å². The zero-order chi connectivity index (χ0) is 22.0. The molecule has 0 spiro atoms. The first-order chi connectivity index (χ1) is 14.9. The number of nitro benzene ring substituents is 1. The lowest BCUT2D eigenvalue weighted by Crippen LogP contribution is -2.48. The van der Waals surface area contributed by atoms with Crippen LogP contribution in [0.4, 0.5) is 21.5 Å². The third kappa shape index (κ3) is 4.49. The molecule has 2 aromatic rings. The molecule has 2 saturated heterocycles. The first kappa shape index (κ1) is 21.5. The fourth-order valence-electron chi connectivity index (χ4n) is 4.19. The number of piperidine rings is 1. The van der Waals surface area contributed by atoms with Crippen LogP contribution in [-0.2, 0) is 10.0 Å². The molecule has 8 nitrogen and oxygen atoms in total. The van der Waals surface area contributed by atoms with Crippen molar-refractivity contribution in [2.45, 2.75) is 24.2 Å². The van der Waals surface area contributed by atoms with Gasteiger partial charge in [0.15, 0.2) is 0 Å². The van der Waals surface area contributed by atoms with E-state index in [1.807, 2.05) is 11.0 Å². The Labute approximate surface area is 181 Å². The van der Waals surface area contributed by atoms with Crippen molar-refractivity contribution in [1.29, 1.82) is 0 Å². The van der Waals surface area contributed by atoms with Gasteiger partial charge in [0.2, 0.25) is 10.0 Å². The highest BCUT2D eigenvalue weighted by Gasteiger charge is 2.30. The Morgan fingerprint density at radius 1 is 0.839 bits per heavy atom. The number of rotatable bonds is 5. The molecular weight excluding hydrogens is 423 g/mol. The summed E-state index contributed by atoms with van der Waals surface area (Å²) in [4.78, 5) is 15.4. The van der Waals surface area contributed by atoms with Gasteiger partial charge in [0, 0.05) is 51.0 Å². The van der Waals surface area contributed by atoms with E-state index in [-0.39, 0.29) is 28.6 Å². The molecule has 0 saturated carbocycles. The summed E-state index contributed by atoms with van der Waals surface area (Å²) in [6.07, 6.45) is 3.16. The van der Waals surface area contributed by atoms with Crippen molar-refractivity contribution in [2.75, 3.05) is 49.1 Å². The van der Waals surface area contributed by atoms with E-state index in [2.05, 4.69) is 4.90 Å². The van der Waals surface area contributed by atoms with E-state index in [0.29, 0.717) is 18.8 Å². The molecule has 0 bridgehead atoms. The molecule has 166 valence electrons. The van der Waals surface area contributed by atoms with Crippen molar-refractivity contribution in [1.82, 2.24) is 4.31 Å². The number of hydrogen-bond acceptors (Lipinski definition) is 6. The zero-order valence-electron chi connectivity index (χ0n) is 17.1. The second-order valence-corrected chi connectivity index (χ2v) is 9.76. The molecule has 0 atom stereocenters. The molecule has 4 rings (SSSR count). The van der Waals surface area contributed by atoms with Gasteiger partial charge in [-0.05, 0) is 55.7 Å². The Bertz CT molecular complexity index is 1050. The van der Waals surface area contributed by atoms with E-state index in [9.17, 15) is 22.9 Å². The monoisotopic (exact) mass is 448 g/mol. The molecule has 31 heavy (non-hydrogen) atoms. The van der Waals surface area contributed by atoms with Crippen molar-refractivity contribution in [3.05, 3.63) is 58.4 Å². The molecule has 2 heterocycles. The highest BCUT2D eigenvalue weighted by molar-refractivity contribution is 7.89. The highest BCUT2D eigenvalue weighted by Crippen LogP contribution is 2.34. The maximum atomic E-state index is 13.1. The Morgan fingerprint density at radius 2 is 1.48 bits per heavy atom. The Hall–Kier alpha value is -2.72. The lowest BCUT2D eigenvalue weighted by Gasteiger charge is -2.36. The smallest absolute Gasteiger partial charge is 0.292 e. The first-order valence-electron chi connectivity index (χ1n) is 10.4. The average molecular weight is 449 g/mol. The molecule has 2 aliphatic heterocycles. The van der Waals surface area contributed by atoms with Gasteiger partial charge in [0.25, 0.3) is 5.69 Å². The van der Waals surface area contributed by atoms with Crippen molar-refractivity contribution in [2.24, 2.45) is 0 Å². The van der Waals surface area contributed by atoms with E-state index in [4.69, 9.17) is 0 Å². The second-order valence-electron chi connectivity index (χ2n) is 7.82. The molecule has 0 aliphatic carbocycles. The van der Waals surface area contributed by atoms with E-state index in [1.54, 1.807) is 12.1 Å². The predicted molar refractivity (Wildman–Crippen MR) is 117 cm³/mol. The van der Waals surface area contributed by atoms with Gasteiger partial charge < -0.3 is 9.80 Å². The summed E-state index contributed by atoms with van der Waals surface area (Å²) in [7, 11) is -3.69. The molecular formula is C21H25FN4O4S. The van der Waals surface area contributed by atoms with Crippen LogP contribution in [0.25, 0.3) is 0 Å². The number of nitro groups is 1. The number of anilines is 2. The van der Waals surface area contributed by atoms with Crippen LogP contribution in [0.5, 0.6) is 0 Å². The van der Waals surface area contributed by atoms with Gasteiger partial charge in [0.1, 0.15) is 11.5 Å². The highest BCUT2D eigenvalue weighted by atomic mass is 32.2. The summed E-state index contributed by atoms with van der Waals surface area (Å²) in [5, 5.41) is 11.5. The quantitative estimate of drug-likeness (QED) is 0.516. The molecule has 0 unspecified atom stereocenters. The SMILES string of the molecule is O=[N+]([O-])c1ccc(N2CCN(S(=O)(=O)c3ccc(F)cc3)CC2)cc1N1CCCCC1. The summed E-state index contributed by atoms with van der Waals surface area (Å²) >= 11 is 0. The first-order valence-corrected chi connectivity index (χ1v) is 11.8. The van der Waals surface area contributed by atoms with Crippen LogP contribution < -0.4 is 9.80 Å². The molecule has 0 radical (unpaired) electrons. The second kappa shape index (κ2) is 8.80. The molecule has 2 fully saturated rings. The van der Waals surface area contributed by atoms with E-state index in [1.165, 1.54) is 16.4 Å². The van der Waals surface area contributed by atoms with Crippen LogP contribution in [-0.4, -0.2) is 56.9 Å². The zero-order valence-corrected chi connectivity index (χ0v) is 17.9. The standard InChI is InChI=1S/C21H25FN4O4S/c22-17-4-7-19(8-5-17)31(29,30)25-14-12-23(13-15-25)18-6-9-20(26(27)28)21(16-18)24-10-2-1-3-11-24/h4-9,16H,1-3,10-15H2.